The Labute approximate surface area is 101 Å². The largest absolute Gasteiger partial charge is 0.325 e. The van der Waals surface area contributed by atoms with Gasteiger partial charge in [-0.3, -0.25) is 0 Å². The van der Waals surface area contributed by atoms with Crippen LogP contribution in [0, 0.1) is 17.8 Å². The summed E-state index contributed by atoms with van der Waals surface area (Å²) in [6, 6.07) is 0. The molecule has 0 aromatic rings. The van der Waals surface area contributed by atoms with Crippen molar-refractivity contribution in [1.82, 2.24) is 0 Å². The maximum atomic E-state index is 6.67. The van der Waals surface area contributed by atoms with Crippen LogP contribution in [0.4, 0.5) is 0 Å². The van der Waals surface area contributed by atoms with Gasteiger partial charge in [0.2, 0.25) is 0 Å². The number of hydrogen-bond donors (Lipinski definition) is 1. The predicted molar refractivity (Wildman–Crippen MR) is 70.3 cm³/mol. The van der Waals surface area contributed by atoms with Gasteiger partial charge >= 0.3 is 0 Å². The van der Waals surface area contributed by atoms with Crippen LogP contribution < -0.4 is 5.73 Å². The Hall–Kier alpha value is -0.0400. The van der Waals surface area contributed by atoms with E-state index in [0.717, 1.165) is 17.8 Å². The number of nitrogens with two attached hydrogens (primary N) is 1. The van der Waals surface area contributed by atoms with Crippen molar-refractivity contribution < 1.29 is 0 Å². The molecule has 94 valence electrons. The van der Waals surface area contributed by atoms with E-state index in [1.807, 2.05) is 0 Å². The molecule has 0 saturated heterocycles. The molecule has 2 rings (SSSR count). The highest BCUT2D eigenvalue weighted by molar-refractivity contribution is 4.96. The van der Waals surface area contributed by atoms with Gasteiger partial charge in [0.1, 0.15) is 0 Å². The summed E-state index contributed by atoms with van der Waals surface area (Å²) in [7, 11) is 0. The van der Waals surface area contributed by atoms with Crippen molar-refractivity contribution in [2.24, 2.45) is 23.5 Å². The van der Waals surface area contributed by atoms with Crippen molar-refractivity contribution in [2.45, 2.75) is 77.2 Å². The summed E-state index contributed by atoms with van der Waals surface area (Å²) < 4.78 is 0. The third-order valence-electron chi connectivity index (χ3n) is 5.06. The highest BCUT2D eigenvalue weighted by atomic mass is 14.8. The molecule has 2 aliphatic rings. The van der Waals surface area contributed by atoms with Gasteiger partial charge in [-0.25, -0.2) is 0 Å². The summed E-state index contributed by atoms with van der Waals surface area (Å²) in [6.45, 7) is 4.64. The first kappa shape index (κ1) is 12.4. The minimum absolute atomic E-state index is 0.197. The molecule has 0 bridgehead atoms. The van der Waals surface area contributed by atoms with Gasteiger partial charge in [0, 0.05) is 5.54 Å². The van der Waals surface area contributed by atoms with Crippen LogP contribution in [0.1, 0.15) is 71.6 Å². The Kier molecular flexibility index (Phi) is 3.94. The van der Waals surface area contributed by atoms with E-state index in [1.165, 1.54) is 57.8 Å². The third kappa shape index (κ3) is 3.00. The van der Waals surface area contributed by atoms with E-state index in [-0.39, 0.29) is 5.54 Å². The molecule has 2 aliphatic carbocycles. The van der Waals surface area contributed by atoms with Gasteiger partial charge in [-0.05, 0) is 49.9 Å². The van der Waals surface area contributed by atoms with E-state index < -0.39 is 0 Å². The van der Waals surface area contributed by atoms with Gasteiger partial charge in [-0.15, -0.1) is 0 Å². The van der Waals surface area contributed by atoms with Crippen molar-refractivity contribution >= 4 is 0 Å². The molecule has 0 aromatic carbocycles. The van der Waals surface area contributed by atoms with Crippen LogP contribution in [0.3, 0.4) is 0 Å². The first-order chi connectivity index (χ1) is 7.67. The minimum Gasteiger partial charge on any atom is -0.325 e. The number of rotatable bonds is 5. The molecule has 2 N–H and O–H groups in total. The van der Waals surface area contributed by atoms with Crippen molar-refractivity contribution in [3.05, 3.63) is 0 Å². The highest BCUT2D eigenvalue weighted by Gasteiger charge is 2.40. The lowest BCUT2D eigenvalue weighted by Crippen LogP contribution is -2.46. The van der Waals surface area contributed by atoms with Gasteiger partial charge in [0.15, 0.2) is 0 Å². The SMILES string of the molecule is CCC(CC)CC1(N)CCCC(C2CC2)C1. The van der Waals surface area contributed by atoms with Crippen LogP contribution in [0.2, 0.25) is 0 Å². The van der Waals surface area contributed by atoms with E-state index in [4.69, 9.17) is 5.73 Å². The Morgan fingerprint density at radius 1 is 1.12 bits per heavy atom. The quantitative estimate of drug-likeness (QED) is 0.745. The van der Waals surface area contributed by atoms with E-state index in [9.17, 15) is 0 Å². The Balaban J connectivity index is 1.89. The minimum atomic E-state index is 0.197. The second-order valence-electron chi connectivity index (χ2n) is 6.44. The van der Waals surface area contributed by atoms with E-state index >= 15 is 0 Å². The second-order valence-corrected chi connectivity index (χ2v) is 6.44. The molecule has 1 heteroatoms. The van der Waals surface area contributed by atoms with Crippen LogP contribution in [0.15, 0.2) is 0 Å². The molecule has 1 nitrogen and oxygen atoms in total. The highest BCUT2D eigenvalue weighted by Crippen LogP contribution is 2.47. The zero-order valence-electron chi connectivity index (χ0n) is 11.2. The molecule has 0 radical (unpaired) electrons. The fourth-order valence-corrected chi connectivity index (χ4v) is 3.75. The van der Waals surface area contributed by atoms with E-state index in [0.29, 0.717) is 0 Å². The van der Waals surface area contributed by atoms with Crippen LogP contribution in [0.5, 0.6) is 0 Å². The summed E-state index contributed by atoms with van der Waals surface area (Å²) >= 11 is 0. The lowest BCUT2D eigenvalue weighted by atomic mass is 9.70. The zero-order chi connectivity index (χ0) is 11.6. The number of hydrogen-bond acceptors (Lipinski definition) is 1. The normalized spacial score (nSPS) is 35.6. The van der Waals surface area contributed by atoms with Crippen molar-refractivity contribution in [3.8, 4) is 0 Å². The fourth-order valence-electron chi connectivity index (χ4n) is 3.75. The third-order valence-corrected chi connectivity index (χ3v) is 5.06. The van der Waals surface area contributed by atoms with E-state index in [1.54, 1.807) is 0 Å². The molecule has 0 heterocycles. The van der Waals surface area contributed by atoms with Crippen molar-refractivity contribution in [1.29, 1.82) is 0 Å². The molecule has 16 heavy (non-hydrogen) atoms. The average molecular weight is 223 g/mol. The molecule has 0 spiro atoms. The van der Waals surface area contributed by atoms with Gasteiger partial charge in [0.25, 0.3) is 0 Å². The molecular formula is C15H29N. The van der Waals surface area contributed by atoms with Gasteiger partial charge in [0.05, 0.1) is 0 Å². The summed E-state index contributed by atoms with van der Waals surface area (Å²) in [5.74, 6) is 2.90. The lowest BCUT2D eigenvalue weighted by molar-refractivity contribution is 0.169. The monoisotopic (exact) mass is 223 g/mol. The first-order valence-electron chi connectivity index (χ1n) is 7.45. The second kappa shape index (κ2) is 5.08. The Morgan fingerprint density at radius 3 is 2.38 bits per heavy atom. The van der Waals surface area contributed by atoms with Crippen LogP contribution >= 0.6 is 0 Å². The Morgan fingerprint density at radius 2 is 1.81 bits per heavy atom. The average Bonchev–Trinajstić information content (AvgIpc) is 3.10. The molecule has 0 aliphatic heterocycles. The first-order valence-corrected chi connectivity index (χ1v) is 7.45. The van der Waals surface area contributed by atoms with Crippen LogP contribution in [-0.2, 0) is 0 Å². The van der Waals surface area contributed by atoms with Gasteiger partial charge in [-0.2, -0.15) is 0 Å². The molecule has 0 aromatic heterocycles. The van der Waals surface area contributed by atoms with Crippen LogP contribution in [0.25, 0.3) is 0 Å². The zero-order valence-corrected chi connectivity index (χ0v) is 11.2. The topological polar surface area (TPSA) is 26.0 Å². The summed E-state index contributed by atoms with van der Waals surface area (Å²) in [5.41, 5.74) is 6.86. The van der Waals surface area contributed by atoms with E-state index in [2.05, 4.69) is 13.8 Å². The summed E-state index contributed by atoms with van der Waals surface area (Å²) in [4.78, 5) is 0. The maximum Gasteiger partial charge on any atom is 0.0159 e. The molecule has 2 saturated carbocycles. The molecule has 2 fully saturated rings. The fraction of sp³-hybridized carbons (Fsp3) is 1.00. The lowest BCUT2D eigenvalue weighted by Gasteiger charge is -2.40. The molecule has 0 amide bonds. The van der Waals surface area contributed by atoms with Gasteiger partial charge < -0.3 is 5.73 Å². The smallest absolute Gasteiger partial charge is 0.0159 e. The summed E-state index contributed by atoms with van der Waals surface area (Å²) in [6.07, 6.45) is 12.3. The molecule has 2 unspecified atom stereocenters. The van der Waals surface area contributed by atoms with Crippen molar-refractivity contribution in [3.63, 3.8) is 0 Å². The van der Waals surface area contributed by atoms with Crippen LogP contribution in [-0.4, -0.2) is 5.54 Å². The Bertz CT molecular complexity index is 213. The molecular weight excluding hydrogens is 194 g/mol. The standard InChI is InChI=1S/C15H29N/c1-3-12(4-2)10-15(16)9-5-6-14(11-15)13-7-8-13/h12-14H,3-11,16H2,1-2H3. The van der Waals surface area contributed by atoms with Crippen molar-refractivity contribution in [2.75, 3.05) is 0 Å². The maximum absolute atomic E-state index is 6.67. The van der Waals surface area contributed by atoms with Gasteiger partial charge in [-0.1, -0.05) is 39.5 Å². The summed E-state index contributed by atoms with van der Waals surface area (Å²) in [5, 5.41) is 0. The molecule has 2 atom stereocenters. The predicted octanol–water partition coefficient (Wildman–Crippen LogP) is 4.11.